The van der Waals surface area contributed by atoms with Gasteiger partial charge >= 0.3 is 5.97 Å². The number of fused-ring (bicyclic) bond motifs is 1. The van der Waals surface area contributed by atoms with Gasteiger partial charge in [-0.1, -0.05) is 44.2 Å². The van der Waals surface area contributed by atoms with E-state index in [1.165, 1.54) is 0 Å². The van der Waals surface area contributed by atoms with Crippen LogP contribution in [0.1, 0.15) is 38.7 Å². The van der Waals surface area contributed by atoms with Gasteiger partial charge in [0.2, 0.25) is 5.91 Å². The number of hydrogen-bond donors (Lipinski definition) is 2. The molecule has 1 unspecified atom stereocenters. The van der Waals surface area contributed by atoms with Gasteiger partial charge in [0, 0.05) is 18.9 Å². The topological polar surface area (TPSA) is 103 Å². The van der Waals surface area contributed by atoms with Gasteiger partial charge in [0.25, 0.3) is 0 Å². The molecule has 3 aliphatic rings. The molecule has 8 nitrogen and oxygen atoms in total. The zero-order valence-corrected chi connectivity index (χ0v) is 18.6. The molecule has 1 aromatic rings. The molecule has 3 fully saturated rings. The zero-order chi connectivity index (χ0) is 22.7. The Bertz CT molecular complexity index is 782. The Balaban J connectivity index is 1.48. The molecule has 4 rings (SSSR count). The Hall–Kier alpha value is -2.00. The minimum absolute atomic E-state index is 0.0363. The lowest BCUT2D eigenvalue weighted by Crippen LogP contribution is -2.59. The van der Waals surface area contributed by atoms with Gasteiger partial charge < -0.3 is 29.4 Å². The molecule has 1 aromatic carbocycles. The number of nitrogens with one attached hydrogen (secondary N) is 1. The first-order chi connectivity index (χ1) is 15.5. The molecule has 0 bridgehead atoms. The summed E-state index contributed by atoms with van der Waals surface area (Å²) in [6.45, 7) is 4.08. The van der Waals surface area contributed by atoms with Gasteiger partial charge in [0.05, 0.1) is 31.3 Å². The monoisotopic (exact) mass is 447 g/mol. The first-order valence-corrected chi connectivity index (χ1v) is 11.5. The summed E-state index contributed by atoms with van der Waals surface area (Å²) in [7, 11) is 0. The Labute approximate surface area is 188 Å². The predicted octanol–water partition coefficient (Wildman–Crippen LogP) is 1.58. The average Bonchev–Trinajstić information content (AvgIpc) is 3.57. The summed E-state index contributed by atoms with van der Waals surface area (Å²) in [4.78, 5) is 24.4. The first kappa shape index (κ1) is 23.2. The van der Waals surface area contributed by atoms with Crippen molar-refractivity contribution in [1.82, 2.24) is 5.32 Å². The number of amides is 1. The number of carbonyl (C=O) groups is 2. The highest BCUT2D eigenvalue weighted by Gasteiger charge is 2.54. The first-order valence-electron chi connectivity index (χ1n) is 11.5. The summed E-state index contributed by atoms with van der Waals surface area (Å²) in [5.74, 6) is -0.500. The lowest BCUT2D eigenvalue weighted by Gasteiger charge is -2.42. The van der Waals surface area contributed by atoms with E-state index >= 15 is 0 Å². The van der Waals surface area contributed by atoms with Gasteiger partial charge in [-0.2, -0.15) is 0 Å². The molecular weight excluding hydrogens is 414 g/mol. The van der Waals surface area contributed by atoms with E-state index in [9.17, 15) is 14.7 Å². The van der Waals surface area contributed by atoms with Gasteiger partial charge in [-0.15, -0.1) is 0 Å². The van der Waals surface area contributed by atoms with Crippen LogP contribution in [0.5, 0.6) is 0 Å². The zero-order valence-electron chi connectivity index (χ0n) is 18.6. The van der Waals surface area contributed by atoms with Crippen LogP contribution in [0.4, 0.5) is 0 Å². The number of esters is 1. The third-order valence-corrected chi connectivity index (χ3v) is 6.23. The van der Waals surface area contributed by atoms with Crippen molar-refractivity contribution in [2.45, 2.75) is 76.3 Å². The third kappa shape index (κ3) is 5.49. The van der Waals surface area contributed by atoms with Crippen LogP contribution in [0.2, 0.25) is 0 Å². The molecule has 2 aliphatic heterocycles. The fraction of sp³-hybridized carbons (Fsp3) is 0.667. The van der Waals surface area contributed by atoms with E-state index in [4.69, 9.17) is 18.9 Å². The maximum absolute atomic E-state index is 12.4. The highest BCUT2D eigenvalue weighted by Crippen LogP contribution is 2.38. The van der Waals surface area contributed by atoms with E-state index in [2.05, 4.69) is 5.32 Å². The van der Waals surface area contributed by atoms with Crippen LogP contribution < -0.4 is 5.32 Å². The van der Waals surface area contributed by atoms with Crippen LogP contribution in [0.15, 0.2) is 30.3 Å². The minimum atomic E-state index is -0.762. The average molecular weight is 448 g/mol. The molecule has 0 radical (unpaired) electrons. The molecule has 6 atom stereocenters. The smallest absolute Gasteiger partial charge is 0.309 e. The van der Waals surface area contributed by atoms with Crippen molar-refractivity contribution < 1.29 is 33.6 Å². The number of ether oxygens (including phenoxy) is 4. The molecule has 2 heterocycles. The van der Waals surface area contributed by atoms with E-state index in [1.54, 1.807) is 0 Å². The van der Waals surface area contributed by atoms with E-state index < -0.39 is 24.4 Å². The number of rotatable bonds is 9. The molecular formula is C24H33NO7. The second-order valence-corrected chi connectivity index (χ2v) is 9.19. The molecule has 2 N–H and O–H groups in total. The highest BCUT2D eigenvalue weighted by molar-refractivity contribution is 5.77. The van der Waals surface area contributed by atoms with Crippen molar-refractivity contribution >= 4 is 11.9 Å². The molecule has 2 saturated heterocycles. The minimum Gasteiger partial charge on any atom is -0.456 e. The summed E-state index contributed by atoms with van der Waals surface area (Å²) in [6, 6.07) is 9.74. The van der Waals surface area contributed by atoms with Crippen molar-refractivity contribution in [2.24, 2.45) is 11.8 Å². The summed E-state index contributed by atoms with van der Waals surface area (Å²) in [5, 5.41) is 12.9. The Morgan fingerprint density at radius 1 is 1.16 bits per heavy atom. The van der Waals surface area contributed by atoms with Crippen molar-refractivity contribution in [1.29, 1.82) is 0 Å². The van der Waals surface area contributed by atoms with Gasteiger partial charge in [-0.05, 0) is 18.4 Å². The van der Waals surface area contributed by atoms with E-state index in [0.717, 1.165) is 18.4 Å². The molecule has 1 aliphatic carbocycles. The van der Waals surface area contributed by atoms with Gasteiger partial charge in [0.1, 0.15) is 18.3 Å². The number of aliphatic hydroxyl groups is 1. The van der Waals surface area contributed by atoms with Crippen LogP contribution in [0, 0.1) is 11.8 Å². The van der Waals surface area contributed by atoms with Crippen LogP contribution in [-0.2, 0) is 35.1 Å². The lowest BCUT2D eigenvalue weighted by atomic mass is 9.94. The number of benzene rings is 1. The maximum Gasteiger partial charge on any atom is 0.309 e. The molecule has 1 amide bonds. The number of aliphatic hydroxyl groups excluding tert-OH is 1. The molecule has 1 saturated carbocycles. The summed E-state index contributed by atoms with van der Waals surface area (Å²) < 4.78 is 24.4. The Morgan fingerprint density at radius 3 is 2.56 bits per heavy atom. The molecule has 0 spiro atoms. The summed E-state index contributed by atoms with van der Waals surface area (Å²) in [6.07, 6.45) is -0.836. The van der Waals surface area contributed by atoms with E-state index in [1.807, 2.05) is 44.2 Å². The fourth-order valence-electron chi connectivity index (χ4n) is 4.23. The van der Waals surface area contributed by atoms with Crippen LogP contribution in [0.3, 0.4) is 0 Å². The molecule has 32 heavy (non-hydrogen) atoms. The normalized spacial score (nSPS) is 31.9. The quantitative estimate of drug-likeness (QED) is 0.554. The Morgan fingerprint density at radius 2 is 1.91 bits per heavy atom. The molecule has 0 aromatic heterocycles. The predicted molar refractivity (Wildman–Crippen MR) is 114 cm³/mol. The molecule has 8 heteroatoms. The van der Waals surface area contributed by atoms with Crippen LogP contribution in [0.25, 0.3) is 0 Å². The molecule has 176 valence electrons. The van der Waals surface area contributed by atoms with Crippen molar-refractivity contribution in [3.05, 3.63) is 35.9 Å². The second kappa shape index (κ2) is 10.3. The SMILES string of the molecule is CC(C)C(=O)NCC1C[C@H]2O[C@H](CO)[C@@H](OC(=O)C3CC3)[C@H](OCc3ccccc3)[C@H]2O1. The lowest BCUT2D eigenvalue weighted by molar-refractivity contribution is -0.244. The Kier molecular flexibility index (Phi) is 7.45. The number of hydrogen-bond acceptors (Lipinski definition) is 7. The fourth-order valence-corrected chi connectivity index (χ4v) is 4.23. The van der Waals surface area contributed by atoms with Crippen molar-refractivity contribution in [3.8, 4) is 0 Å². The van der Waals surface area contributed by atoms with Crippen molar-refractivity contribution in [2.75, 3.05) is 13.2 Å². The number of carbonyl (C=O) groups excluding carboxylic acids is 2. The van der Waals surface area contributed by atoms with E-state index in [0.29, 0.717) is 19.6 Å². The van der Waals surface area contributed by atoms with Crippen molar-refractivity contribution in [3.63, 3.8) is 0 Å². The third-order valence-electron chi connectivity index (χ3n) is 6.23. The maximum atomic E-state index is 12.4. The van der Waals surface area contributed by atoms with Crippen LogP contribution in [-0.4, -0.2) is 66.8 Å². The van der Waals surface area contributed by atoms with Gasteiger partial charge in [-0.25, -0.2) is 0 Å². The van der Waals surface area contributed by atoms with Gasteiger partial charge in [0.15, 0.2) is 6.10 Å². The largest absolute Gasteiger partial charge is 0.456 e. The summed E-state index contributed by atoms with van der Waals surface area (Å²) in [5.41, 5.74) is 0.988. The van der Waals surface area contributed by atoms with Crippen LogP contribution >= 0.6 is 0 Å². The highest BCUT2D eigenvalue weighted by atomic mass is 16.6. The second-order valence-electron chi connectivity index (χ2n) is 9.19. The standard InChI is InChI=1S/C24H33NO7/c1-14(2)23(27)25-11-17-10-18-20(30-17)22(29-13-15-6-4-3-5-7-15)21(19(12-26)31-18)32-24(28)16-8-9-16/h3-7,14,16-22,26H,8-13H2,1-2H3,(H,25,27)/t17?,18-,19-,20+,21-,22-/m1/s1. The van der Waals surface area contributed by atoms with Gasteiger partial charge in [-0.3, -0.25) is 9.59 Å². The van der Waals surface area contributed by atoms with E-state index in [-0.39, 0.29) is 42.5 Å². The summed E-state index contributed by atoms with van der Waals surface area (Å²) >= 11 is 0.